The summed E-state index contributed by atoms with van der Waals surface area (Å²) < 4.78 is 0. The van der Waals surface area contributed by atoms with Crippen LogP contribution in [0, 0.1) is 0 Å². The van der Waals surface area contributed by atoms with Gasteiger partial charge in [-0.25, -0.2) is 9.80 Å². The average Bonchev–Trinajstić information content (AvgIpc) is 2.45. The highest BCUT2D eigenvalue weighted by Gasteiger charge is 2.30. The Bertz CT molecular complexity index is 353. The van der Waals surface area contributed by atoms with Crippen LogP contribution in [0.2, 0.25) is 0 Å². The fourth-order valence-corrected chi connectivity index (χ4v) is 1.22. The minimum atomic E-state index is -1.14. The molecule has 13 heavy (non-hydrogen) atoms. The molecule has 0 aliphatic carbocycles. The molecule has 2 rings (SSSR count). The molecule has 1 aromatic rings. The van der Waals surface area contributed by atoms with Crippen molar-refractivity contribution in [2.75, 3.05) is 12.1 Å². The number of hydrogen-bond donors (Lipinski definition) is 1. The standard InChI is InChI=1S/C8H8N2O3/c1-9-6-4-2-3-5-7(6)13-10(9)8(11)12/h2-5H,1H3,(H,11,12). The van der Waals surface area contributed by atoms with Gasteiger partial charge in [-0.15, -0.1) is 0 Å². The van der Waals surface area contributed by atoms with Gasteiger partial charge in [0.05, 0.1) is 0 Å². The molecule has 0 atom stereocenters. The first-order chi connectivity index (χ1) is 6.20. The van der Waals surface area contributed by atoms with Gasteiger partial charge in [-0.05, 0) is 17.3 Å². The third-order valence-electron chi connectivity index (χ3n) is 1.83. The molecule has 1 aliphatic rings. The Hall–Kier alpha value is -1.91. The Kier molecular flexibility index (Phi) is 1.51. The monoisotopic (exact) mass is 180 g/mol. The Morgan fingerprint density at radius 2 is 2.15 bits per heavy atom. The molecule has 1 heterocycles. The van der Waals surface area contributed by atoms with Gasteiger partial charge in [0.2, 0.25) is 0 Å². The van der Waals surface area contributed by atoms with Crippen molar-refractivity contribution >= 4 is 11.8 Å². The molecule has 5 heteroatoms. The van der Waals surface area contributed by atoms with Gasteiger partial charge in [-0.2, -0.15) is 0 Å². The van der Waals surface area contributed by atoms with Crippen LogP contribution in [0.5, 0.6) is 5.75 Å². The van der Waals surface area contributed by atoms with E-state index < -0.39 is 6.09 Å². The maximum atomic E-state index is 10.6. The van der Waals surface area contributed by atoms with Crippen molar-refractivity contribution in [1.82, 2.24) is 5.17 Å². The number of hydrazine groups is 1. The number of carbonyl (C=O) groups is 1. The minimum Gasteiger partial charge on any atom is -0.462 e. The van der Waals surface area contributed by atoms with E-state index >= 15 is 0 Å². The zero-order valence-corrected chi connectivity index (χ0v) is 6.97. The molecule has 0 bridgehead atoms. The Labute approximate surface area is 74.7 Å². The first kappa shape index (κ1) is 7.72. The van der Waals surface area contributed by atoms with E-state index in [9.17, 15) is 4.79 Å². The fraction of sp³-hybridized carbons (Fsp3) is 0.125. The highest BCUT2D eigenvalue weighted by atomic mass is 16.8. The third-order valence-corrected chi connectivity index (χ3v) is 1.83. The Balaban J connectivity index is 2.38. The van der Waals surface area contributed by atoms with Crippen molar-refractivity contribution in [2.45, 2.75) is 0 Å². The van der Waals surface area contributed by atoms with E-state index in [-0.39, 0.29) is 0 Å². The van der Waals surface area contributed by atoms with Gasteiger partial charge in [-0.3, -0.25) is 0 Å². The second-order valence-electron chi connectivity index (χ2n) is 2.64. The van der Waals surface area contributed by atoms with E-state index in [0.717, 1.165) is 10.9 Å². The maximum Gasteiger partial charge on any atom is 0.461 e. The zero-order valence-electron chi connectivity index (χ0n) is 6.97. The summed E-state index contributed by atoms with van der Waals surface area (Å²) in [7, 11) is 1.62. The third kappa shape index (κ3) is 1.05. The summed E-state index contributed by atoms with van der Waals surface area (Å²) in [4.78, 5) is 15.7. The summed E-state index contributed by atoms with van der Waals surface area (Å²) >= 11 is 0. The van der Waals surface area contributed by atoms with Gasteiger partial charge in [0.15, 0.2) is 5.75 Å². The second-order valence-corrected chi connectivity index (χ2v) is 2.64. The maximum absolute atomic E-state index is 10.6. The van der Waals surface area contributed by atoms with Gasteiger partial charge < -0.3 is 9.94 Å². The fourth-order valence-electron chi connectivity index (χ4n) is 1.22. The van der Waals surface area contributed by atoms with Crippen molar-refractivity contribution in [1.29, 1.82) is 0 Å². The van der Waals surface area contributed by atoms with Crippen LogP contribution in [0.25, 0.3) is 0 Å². The van der Waals surface area contributed by atoms with Crippen LogP contribution in [0.15, 0.2) is 24.3 Å². The predicted molar refractivity (Wildman–Crippen MR) is 45.3 cm³/mol. The molecule has 1 aromatic carbocycles. The molecule has 1 N–H and O–H groups in total. The van der Waals surface area contributed by atoms with Gasteiger partial charge in [0, 0.05) is 7.05 Å². The second kappa shape index (κ2) is 2.55. The van der Waals surface area contributed by atoms with Crippen molar-refractivity contribution < 1.29 is 14.7 Å². The Morgan fingerprint density at radius 3 is 2.77 bits per heavy atom. The van der Waals surface area contributed by atoms with Crippen molar-refractivity contribution in [3.8, 4) is 5.75 Å². The van der Waals surface area contributed by atoms with Crippen molar-refractivity contribution in [3.63, 3.8) is 0 Å². The van der Waals surface area contributed by atoms with Crippen LogP contribution in [0.4, 0.5) is 10.5 Å². The van der Waals surface area contributed by atoms with Crippen LogP contribution >= 0.6 is 0 Å². The SMILES string of the molecule is CN1c2ccccc2ON1C(=O)O. The van der Waals surface area contributed by atoms with E-state index in [4.69, 9.17) is 9.94 Å². The molecule has 0 saturated carbocycles. The molecule has 1 aliphatic heterocycles. The van der Waals surface area contributed by atoms with Gasteiger partial charge in [0.25, 0.3) is 0 Å². The quantitative estimate of drug-likeness (QED) is 0.654. The summed E-state index contributed by atoms with van der Waals surface area (Å²) in [6, 6.07) is 7.12. The molecule has 1 amide bonds. The number of benzene rings is 1. The van der Waals surface area contributed by atoms with Crippen LogP contribution in [-0.4, -0.2) is 23.4 Å². The molecule has 5 nitrogen and oxygen atoms in total. The lowest BCUT2D eigenvalue weighted by Crippen LogP contribution is -2.41. The first-order valence-electron chi connectivity index (χ1n) is 3.74. The number of fused-ring (bicyclic) bond motifs is 1. The lowest BCUT2D eigenvalue weighted by Gasteiger charge is -2.18. The number of amides is 1. The molecule has 0 spiro atoms. The Morgan fingerprint density at radius 1 is 1.46 bits per heavy atom. The van der Waals surface area contributed by atoms with Crippen LogP contribution in [0.3, 0.4) is 0 Å². The zero-order chi connectivity index (χ0) is 9.42. The lowest BCUT2D eigenvalue weighted by atomic mass is 10.3. The number of hydrogen-bond acceptors (Lipinski definition) is 3. The molecular formula is C8H8N2O3. The summed E-state index contributed by atoms with van der Waals surface area (Å²) in [6.45, 7) is 0. The molecule has 0 unspecified atom stereocenters. The summed E-state index contributed by atoms with van der Waals surface area (Å²) in [5.41, 5.74) is 0.741. The summed E-state index contributed by atoms with van der Waals surface area (Å²) in [6.07, 6.45) is -1.14. The number of para-hydroxylation sites is 2. The summed E-state index contributed by atoms with van der Waals surface area (Å²) in [5, 5.41) is 10.9. The van der Waals surface area contributed by atoms with E-state index in [0.29, 0.717) is 5.75 Å². The molecule has 0 saturated heterocycles. The average molecular weight is 180 g/mol. The highest BCUT2D eigenvalue weighted by Crippen LogP contribution is 2.34. The highest BCUT2D eigenvalue weighted by molar-refractivity contribution is 5.71. The van der Waals surface area contributed by atoms with Crippen LogP contribution in [-0.2, 0) is 0 Å². The van der Waals surface area contributed by atoms with Crippen molar-refractivity contribution in [3.05, 3.63) is 24.3 Å². The van der Waals surface area contributed by atoms with Crippen LogP contribution in [0.1, 0.15) is 0 Å². The normalized spacial score (nSPS) is 13.9. The smallest absolute Gasteiger partial charge is 0.461 e. The molecule has 0 aromatic heterocycles. The summed E-state index contributed by atoms with van der Waals surface area (Å²) in [5.74, 6) is 0.549. The molecule has 0 radical (unpaired) electrons. The molecular weight excluding hydrogens is 172 g/mol. The topological polar surface area (TPSA) is 53.0 Å². The van der Waals surface area contributed by atoms with Crippen LogP contribution < -0.4 is 9.85 Å². The first-order valence-corrected chi connectivity index (χ1v) is 3.74. The molecule has 68 valence electrons. The van der Waals surface area contributed by atoms with E-state index in [1.54, 1.807) is 25.2 Å². The van der Waals surface area contributed by atoms with E-state index in [1.807, 2.05) is 6.07 Å². The van der Waals surface area contributed by atoms with Gasteiger partial charge in [0.1, 0.15) is 5.69 Å². The number of nitrogens with zero attached hydrogens (tertiary/aromatic N) is 2. The minimum absolute atomic E-state index is 0.549. The van der Waals surface area contributed by atoms with E-state index in [1.165, 1.54) is 5.01 Å². The lowest BCUT2D eigenvalue weighted by molar-refractivity contribution is -0.0226. The largest absolute Gasteiger partial charge is 0.462 e. The number of rotatable bonds is 0. The number of carboxylic acid groups (broad SMARTS) is 1. The van der Waals surface area contributed by atoms with Gasteiger partial charge >= 0.3 is 6.09 Å². The van der Waals surface area contributed by atoms with E-state index in [2.05, 4.69) is 0 Å². The number of anilines is 1. The number of hydroxylamine groups is 1. The molecule has 0 fully saturated rings. The van der Waals surface area contributed by atoms with Gasteiger partial charge in [-0.1, -0.05) is 12.1 Å². The van der Waals surface area contributed by atoms with Crippen molar-refractivity contribution in [2.24, 2.45) is 0 Å². The predicted octanol–water partition coefficient (Wildman–Crippen LogP) is 1.33.